The molecule has 3 unspecified atom stereocenters. The van der Waals surface area contributed by atoms with Crippen molar-refractivity contribution in [2.24, 2.45) is 17.6 Å². The third kappa shape index (κ3) is 3.41. The quantitative estimate of drug-likeness (QED) is 0.649. The van der Waals surface area contributed by atoms with Crippen LogP contribution < -0.4 is 11.1 Å². The highest BCUT2D eigenvalue weighted by Crippen LogP contribution is 2.15. The molecule has 6 nitrogen and oxygen atoms in total. The normalized spacial score (nSPS) is 25.4. The predicted octanol–water partition coefficient (Wildman–Crippen LogP) is -1.20. The van der Waals surface area contributed by atoms with E-state index in [2.05, 4.69) is 5.32 Å². The molecule has 17 heavy (non-hydrogen) atoms. The Kier molecular flexibility index (Phi) is 4.89. The third-order valence-electron chi connectivity index (χ3n) is 3.06. The maximum absolute atomic E-state index is 12.0. The summed E-state index contributed by atoms with van der Waals surface area (Å²) in [7, 11) is 3.27. The van der Waals surface area contributed by atoms with Crippen molar-refractivity contribution in [1.82, 2.24) is 10.2 Å². The molecule has 0 spiro atoms. The Bertz CT molecular complexity index is 296. The molecule has 3 atom stereocenters. The van der Waals surface area contributed by atoms with Gasteiger partial charge in [0.2, 0.25) is 11.8 Å². The van der Waals surface area contributed by atoms with Crippen LogP contribution in [-0.4, -0.2) is 56.6 Å². The van der Waals surface area contributed by atoms with Crippen molar-refractivity contribution < 1.29 is 14.3 Å². The third-order valence-corrected chi connectivity index (χ3v) is 3.06. The summed E-state index contributed by atoms with van der Waals surface area (Å²) in [5.41, 5.74) is 5.78. The van der Waals surface area contributed by atoms with Crippen molar-refractivity contribution in [3.63, 3.8) is 0 Å². The highest BCUT2D eigenvalue weighted by molar-refractivity contribution is 5.82. The van der Waals surface area contributed by atoms with E-state index in [4.69, 9.17) is 10.5 Å². The zero-order chi connectivity index (χ0) is 13.0. The highest BCUT2D eigenvalue weighted by atomic mass is 16.5. The van der Waals surface area contributed by atoms with Gasteiger partial charge in [0.05, 0.1) is 25.0 Å². The van der Waals surface area contributed by atoms with Crippen molar-refractivity contribution in [1.29, 1.82) is 0 Å². The smallest absolute Gasteiger partial charge is 0.229 e. The Morgan fingerprint density at radius 2 is 2.18 bits per heavy atom. The molecule has 1 fully saturated rings. The van der Waals surface area contributed by atoms with Gasteiger partial charge in [0.25, 0.3) is 0 Å². The molecule has 0 saturated carbocycles. The van der Waals surface area contributed by atoms with E-state index in [1.807, 2.05) is 0 Å². The fourth-order valence-corrected chi connectivity index (χ4v) is 1.94. The monoisotopic (exact) mass is 243 g/mol. The van der Waals surface area contributed by atoms with Gasteiger partial charge < -0.3 is 20.7 Å². The summed E-state index contributed by atoms with van der Waals surface area (Å²) in [5.74, 6) is -0.633. The lowest BCUT2D eigenvalue weighted by atomic mass is 10.0. The Morgan fingerprint density at radius 1 is 1.53 bits per heavy atom. The molecule has 3 N–H and O–H groups in total. The van der Waals surface area contributed by atoms with Gasteiger partial charge in [-0.05, 0) is 0 Å². The first kappa shape index (κ1) is 13.9. The van der Waals surface area contributed by atoms with Crippen LogP contribution in [0.4, 0.5) is 0 Å². The van der Waals surface area contributed by atoms with Crippen LogP contribution in [0.1, 0.15) is 6.92 Å². The molecule has 98 valence electrons. The van der Waals surface area contributed by atoms with E-state index in [9.17, 15) is 9.59 Å². The fourth-order valence-electron chi connectivity index (χ4n) is 1.94. The van der Waals surface area contributed by atoms with Gasteiger partial charge in [-0.25, -0.2) is 0 Å². The molecular weight excluding hydrogens is 222 g/mol. The van der Waals surface area contributed by atoms with E-state index in [0.717, 1.165) is 0 Å². The molecule has 0 aliphatic carbocycles. The van der Waals surface area contributed by atoms with Gasteiger partial charge in [-0.1, -0.05) is 6.92 Å². The average molecular weight is 243 g/mol. The largest absolute Gasteiger partial charge is 0.379 e. The molecule has 0 bridgehead atoms. The van der Waals surface area contributed by atoms with E-state index in [0.29, 0.717) is 19.8 Å². The molecule has 1 saturated heterocycles. The number of nitrogens with zero attached hydrogens (tertiary/aromatic N) is 1. The molecule has 2 amide bonds. The summed E-state index contributed by atoms with van der Waals surface area (Å²) in [6, 6.07) is -0.236. The van der Waals surface area contributed by atoms with Crippen LogP contribution in [0.15, 0.2) is 0 Å². The van der Waals surface area contributed by atoms with Gasteiger partial charge in [0.15, 0.2) is 0 Å². The van der Waals surface area contributed by atoms with Gasteiger partial charge >= 0.3 is 0 Å². The van der Waals surface area contributed by atoms with E-state index in [1.165, 1.54) is 0 Å². The molecule has 0 radical (unpaired) electrons. The van der Waals surface area contributed by atoms with Crippen LogP contribution in [0.5, 0.6) is 0 Å². The molecule has 0 aromatic heterocycles. The van der Waals surface area contributed by atoms with Gasteiger partial charge in [-0.15, -0.1) is 0 Å². The first-order chi connectivity index (χ1) is 7.97. The topological polar surface area (TPSA) is 84.7 Å². The van der Waals surface area contributed by atoms with Crippen LogP contribution in [0.25, 0.3) is 0 Å². The number of carbonyl (C=O) groups excluding carboxylic acids is 2. The Labute approximate surface area is 101 Å². The molecule has 0 aromatic rings. The number of carbonyl (C=O) groups is 2. The van der Waals surface area contributed by atoms with Gasteiger partial charge in [0.1, 0.15) is 0 Å². The van der Waals surface area contributed by atoms with Crippen molar-refractivity contribution in [2.45, 2.75) is 13.0 Å². The first-order valence-corrected chi connectivity index (χ1v) is 5.77. The van der Waals surface area contributed by atoms with Gasteiger partial charge in [-0.3, -0.25) is 9.59 Å². The van der Waals surface area contributed by atoms with Crippen molar-refractivity contribution in [2.75, 3.05) is 33.9 Å². The SMILES string of the molecule is CNC(=O)C(C)CN(C)C(=O)C1COCC1N. The van der Waals surface area contributed by atoms with Crippen LogP contribution in [0.2, 0.25) is 0 Å². The summed E-state index contributed by atoms with van der Waals surface area (Å²) in [6.45, 7) is 2.98. The Balaban J connectivity index is 2.49. The summed E-state index contributed by atoms with van der Waals surface area (Å²) in [5, 5.41) is 2.56. The molecule has 0 aromatic carbocycles. The van der Waals surface area contributed by atoms with Crippen molar-refractivity contribution in [3.8, 4) is 0 Å². The van der Waals surface area contributed by atoms with E-state index >= 15 is 0 Å². The zero-order valence-electron chi connectivity index (χ0n) is 10.6. The predicted molar refractivity (Wildman–Crippen MR) is 63.2 cm³/mol. The maximum Gasteiger partial charge on any atom is 0.229 e. The second kappa shape index (κ2) is 5.97. The first-order valence-electron chi connectivity index (χ1n) is 5.77. The molecule has 1 heterocycles. The zero-order valence-corrected chi connectivity index (χ0v) is 10.6. The van der Waals surface area contributed by atoms with Crippen molar-refractivity contribution >= 4 is 11.8 Å². The standard InChI is InChI=1S/C11H21N3O3/c1-7(10(15)13-2)4-14(3)11(16)8-5-17-6-9(8)12/h7-9H,4-6,12H2,1-3H3,(H,13,15). The summed E-state index contributed by atoms with van der Waals surface area (Å²) in [6.07, 6.45) is 0. The number of hydrogen-bond acceptors (Lipinski definition) is 4. The minimum atomic E-state index is -0.281. The van der Waals surface area contributed by atoms with Crippen LogP contribution in [0.3, 0.4) is 0 Å². The number of amides is 2. The highest BCUT2D eigenvalue weighted by Gasteiger charge is 2.33. The summed E-state index contributed by atoms with van der Waals surface area (Å²) in [4.78, 5) is 24.9. The number of rotatable bonds is 4. The van der Waals surface area contributed by atoms with E-state index in [1.54, 1.807) is 25.9 Å². The fraction of sp³-hybridized carbons (Fsp3) is 0.818. The second-order valence-electron chi connectivity index (χ2n) is 4.54. The molecule has 1 rings (SSSR count). The number of hydrogen-bond donors (Lipinski definition) is 2. The van der Waals surface area contributed by atoms with Gasteiger partial charge in [0, 0.05) is 26.7 Å². The minimum Gasteiger partial charge on any atom is -0.379 e. The lowest BCUT2D eigenvalue weighted by Gasteiger charge is -2.24. The lowest BCUT2D eigenvalue weighted by Crippen LogP contribution is -2.44. The minimum absolute atomic E-state index is 0.0502. The molecule has 1 aliphatic heterocycles. The molecule has 1 aliphatic rings. The lowest BCUT2D eigenvalue weighted by molar-refractivity contribution is -0.136. The summed E-state index contributed by atoms with van der Waals surface area (Å²) < 4.78 is 5.16. The van der Waals surface area contributed by atoms with E-state index in [-0.39, 0.29) is 29.7 Å². The van der Waals surface area contributed by atoms with Crippen LogP contribution >= 0.6 is 0 Å². The van der Waals surface area contributed by atoms with Gasteiger partial charge in [-0.2, -0.15) is 0 Å². The van der Waals surface area contributed by atoms with Crippen LogP contribution in [-0.2, 0) is 14.3 Å². The average Bonchev–Trinajstić information content (AvgIpc) is 2.73. The number of nitrogens with two attached hydrogens (primary N) is 1. The Hall–Kier alpha value is -1.14. The Morgan fingerprint density at radius 3 is 2.65 bits per heavy atom. The van der Waals surface area contributed by atoms with E-state index < -0.39 is 0 Å². The van der Waals surface area contributed by atoms with Crippen molar-refractivity contribution in [3.05, 3.63) is 0 Å². The molecular formula is C11H21N3O3. The molecule has 6 heteroatoms. The number of ether oxygens (including phenoxy) is 1. The maximum atomic E-state index is 12.0. The summed E-state index contributed by atoms with van der Waals surface area (Å²) >= 11 is 0. The number of nitrogens with one attached hydrogen (secondary N) is 1. The second-order valence-corrected chi connectivity index (χ2v) is 4.54. The van der Waals surface area contributed by atoms with Crippen LogP contribution in [0, 0.1) is 11.8 Å².